The van der Waals surface area contributed by atoms with Gasteiger partial charge in [-0.2, -0.15) is 0 Å². The van der Waals surface area contributed by atoms with Crippen molar-refractivity contribution in [3.8, 4) is 0 Å². The van der Waals surface area contributed by atoms with Crippen molar-refractivity contribution >= 4 is 27.6 Å². The zero-order chi connectivity index (χ0) is 24.2. The molecule has 1 aromatic heterocycles. The Morgan fingerprint density at radius 1 is 1.12 bits per heavy atom. The molecule has 1 aliphatic rings. The Balaban J connectivity index is 2.10. The van der Waals surface area contributed by atoms with Crippen molar-refractivity contribution in [2.75, 3.05) is 24.7 Å². The van der Waals surface area contributed by atoms with Crippen LogP contribution in [0.25, 0.3) is 0 Å². The van der Waals surface area contributed by atoms with Crippen LogP contribution in [0.3, 0.4) is 0 Å². The molecular weight excluding hydrogens is 451 g/mol. The summed E-state index contributed by atoms with van der Waals surface area (Å²) in [6.45, 7) is 5.52. The van der Waals surface area contributed by atoms with E-state index < -0.39 is 32.6 Å². The fourth-order valence-corrected chi connectivity index (χ4v) is 4.59. The smallest absolute Gasteiger partial charge is 0.342 e. The van der Waals surface area contributed by atoms with E-state index in [2.05, 4.69) is 4.98 Å². The molecule has 0 unspecified atom stereocenters. The maximum absolute atomic E-state index is 15.0. The van der Waals surface area contributed by atoms with Crippen molar-refractivity contribution in [3.05, 3.63) is 47.3 Å². The number of hydrogen-bond acceptors (Lipinski definition) is 8. The maximum atomic E-state index is 15.0. The summed E-state index contributed by atoms with van der Waals surface area (Å²) < 4.78 is 51.4. The maximum Gasteiger partial charge on any atom is 0.342 e. The van der Waals surface area contributed by atoms with Crippen LogP contribution in [-0.4, -0.2) is 51.1 Å². The molecule has 0 radical (unpaired) electrons. The zero-order valence-electron chi connectivity index (χ0n) is 18.8. The standard InChI is InChI=1S/C23H27FN2O6S/c1-4-31-20(27)12-13-26(16-8-9-16)21-18(23(28)32-5-2)14-19(24)22(25-21)33(29,30)17-10-6-15(3)7-11-17/h6-7,10-11,14,16H,4-5,8-9,12-13H2,1-3H3. The van der Waals surface area contributed by atoms with Crippen LogP contribution >= 0.6 is 0 Å². The number of sulfone groups is 1. The van der Waals surface area contributed by atoms with Gasteiger partial charge in [0.2, 0.25) is 9.84 Å². The number of carbonyl (C=O) groups excluding carboxylic acids is 2. The highest BCUT2D eigenvalue weighted by Gasteiger charge is 2.36. The van der Waals surface area contributed by atoms with Crippen LogP contribution in [0.2, 0.25) is 0 Å². The number of anilines is 1. The largest absolute Gasteiger partial charge is 0.466 e. The van der Waals surface area contributed by atoms with Crippen molar-refractivity contribution in [2.24, 2.45) is 0 Å². The SMILES string of the molecule is CCOC(=O)CCN(c1nc(S(=O)(=O)c2ccc(C)cc2)c(F)cc1C(=O)OCC)C1CC1. The molecule has 1 saturated carbocycles. The third kappa shape index (κ3) is 5.68. The van der Waals surface area contributed by atoms with Crippen molar-refractivity contribution in [3.63, 3.8) is 0 Å². The zero-order valence-corrected chi connectivity index (χ0v) is 19.7. The van der Waals surface area contributed by atoms with E-state index in [0.29, 0.717) is 0 Å². The highest BCUT2D eigenvalue weighted by molar-refractivity contribution is 7.91. The summed E-state index contributed by atoms with van der Waals surface area (Å²) >= 11 is 0. The van der Waals surface area contributed by atoms with E-state index in [4.69, 9.17) is 9.47 Å². The van der Waals surface area contributed by atoms with E-state index >= 15 is 4.39 Å². The van der Waals surface area contributed by atoms with Crippen LogP contribution in [0.5, 0.6) is 0 Å². The predicted molar refractivity (Wildman–Crippen MR) is 118 cm³/mol. The molecule has 8 nitrogen and oxygen atoms in total. The number of halogens is 1. The van der Waals surface area contributed by atoms with Gasteiger partial charge in [0.15, 0.2) is 10.8 Å². The summed E-state index contributed by atoms with van der Waals surface area (Å²) in [4.78, 5) is 30.2. The first-order valence-corrected chi connectivity index (χ1v) is 12.3. The number of hydrogen-bond donors (Lipinski definition) is 0. The average molecular weight is 479 g/mol. The van der Waals surface area contributed by atoms with Crippen molar-refractivity contribution in [1.82, 2.24) is 4.98 Å². The lowest BCUT2D eigenvalue weighted by Crippen LogP contribution is -2.32. The van der Waals surface area contributed by atoms with Crippen LogP contribution in [0.4, 0.5) is 10.2 Å². The molecule has 1 aliphatic carbocycles. The van der Waals surface area contributed by atoms with Gasteiger partial charge in [0.1, 0.15) is 11.4 Å². The Kier molecular flexibility index (Phi) is 7.68. The minimum absolute atomic E-state index is 0.00566. The first-order valence-electron chi connectivity index (χ1n) is 10.8. The number of nitrogens with zero attached hydrogens (tertiary/aromatic N) is 2. The fourth-order valence-electron chi connectivity index (χ4n) is 3.35. The summed E-state index contributed by atoms with van der Waals surface area (Å²) in [5.74, 6) is -2.42. The van der Waals surface area contributed by atoms with Gasteiger partial charge in [0.05, 0.1) is 24.5 Å². The monoisotopic (exact) mass is 478 g/mol. The molecule has 33 heavy (non-hydrogen) atoms. The molecule has 2 aromatic rings. The van der Waals surface area contributed by atoms with Gasteiger partial charge in [-0.05, 0) is 51.8 Å². The van der Waals surface area contributed by atoms with E-state index in [1.165, 1.54) is 12.1 Å². The second-order valence-corrected chi connectivity index (χ2v) is 9.53. The lowest BCUT2D eigenvalue weighted by molar-refractivity contribution is -0.142. The number of aryl methyl sites for hydroxylation is 1. The van der Waals surface area contributed by atoms with Crippen LogP contribution < -0.4 is 4.90 Å². The number of rotatable bonds is 10. The average Bonchev–Trinajstić information content (AvgIpc) is 3.60. The molecule has 178 valence electrons. The van der Waals surface area contributed by atoms with Gasteiger partial charge < -0.3 is 14.4 Å². The van der Waals surface area contributed by atoms with Gasteiger partial charge in [-0.25, -0.2) is 22.6 Å². The Hall–Kier alpha value is -3.01. The van der Waals surface area contributed by atoms with Crippen LogP contribution in [0.15, 0.2) is 40.3 Å². The Bertz CT molecular complexity index is 1130. The topological polar surface area (TPSA) is 103 Å². The highest BCUT2D eigenvalue weighted by Crippen LogP contribution is 2.35. The normalized spacial score (nSPS) is 13.5. The molecule has 0 aliphatic heterocycles. The van der Waals surface area contributed by atoms with Crippen LogP contribution in [-0.2, 0) is 24.1 Å². The second kappa shape index (κ2) is 10.3. The van der Waals surface area contributed by atoms with E-state index in [1.807, 2.05) is 0 Å². The molecule has 0 amide bonds. The van der Waals surface area contributed by atoms with E-state index in [1.54, 1.807) is 37.8 Å². The van der Waals surface area contributed by atoms with Gasteiger partial charge in [-0.1, -0.05) is 17.7 Å². The number of carbonyl (C=O) groups is 2. The van der Waals surface area contributed by atoms with E-state index in [0.717, 1.165) is 24.5 Å². The van der Waals surface area contributed by atoms with Crippen LogP contribution in [0, 0.1) is 12.7 Å². The molecule has 1 fully saturated rings. The van der Waals surface area contributed by atoms with Gasteiger partial charge in [0, 0.05) is 12.6 Å². The first kappa shape index (κ1) is 24.6. The summed E-state index contributed by atoms with van der Waals surface area (Å²) in [7, 11) is -4.30. The second-order valence-electron chi connectivity index (χ2n) is 7.66. The molecule has 0 bridgehead atoms. The van der Waals surface area contributed by atoms with E-state index in [9.17, 15) is 18.0 Å². The number of esters is 2. The van der Waals surface area contributed by atoms with Gasteiger partial charge in [0.25, 0.3) is 0 Å². The first-order chi connectivity index (χ1) is 15.7. The lowest BCUT2D eigenvalue weighted by atomic mass is 10.2. The number of benzene rings is 1. The quantitative estimate of drug-likeness (QED) is 0.479. The summed E-state index contributed by atoms with van der Waals surface area (Å²) in [5.41, 5.74) is 0.660. The molecule has 0 spiro atoms. The minimum atomic E-state index is -4.30. The third-order valence-corrected chi connectivity index (χ3v) is 6.81. The van der Waals surface area contributed by atoms with Crippen LogP contribution in [0.1, 0.15) is 49.0 Å². The van der Waals surface area contributed by atoms with Gasteiger partial charge >= 0.3 is 11.9 Å². The van der Waals surface area contributed by atoms with Gasteiger partial charge in [-0.3, -0.25) is 4.79 Å². The molecule has 1 heterocycles. The molecule has 10 heteroatoms. The Morgan fingerprint density at radius 3 is 2.33 bits per heavy atom. The Morgan fingerprint density at radius 2 is 1.76 bits per heavy atom. The fraction of sp³-hybridized carbons (Fsp3) is 0.435. The molecule has 3 rings (SSSR count). The highest BCUT2D eigenvalue weighted by atomic mass is 32.2. The minimum Gasteiger partial charge on any atom is -0.466 e. The van der Waals surface area contributed by atoms with Gasteiger partial charge in [-0.15, -0.1) is 0 Å². The molecule has 0 N–H and O–H groups in total. The number of pyridine rings is 1. The number of aromatic nitrogens is 1. The molecule has 0 saturated heterocycles. The van der Waals surface area contributed by atoms with Crippen molar-refractivity contribution in [1.29, 1.82) is 0 Å². The summed E-state index contributed by atoms with van der Waals surface area (Å²) in [6.07, 6.45) is 1.54. The van der Waals surface area contributed by atoms with E-state index in [-0.39, 0.29) is 48.5 Å². The van der Waals surface area contributed by atoms with Crippen molar-refractivity contribution in [2.45, 2.75) is 56.0 Å². The predicted octanol–water partition coefficient (Wildman–Crippen LogP) is 3.46. The molecular formula is C23H27FN2O6S. The summed E-state index contributed by atoms with van der Waals surface area (Å²) in [6, 6.07) is 6.76. The number of ether oxygens (including phenoxy) is 2. The summed E-state index contributed by atoms with van der Waals surface area (Å²) in [5, 5.41) is -0.781. The third-order valence-electron chi connectivity index (χ3n) is 5.13. The van der Waals surface area contributed by atoms with Crippen molar-refractivity contribution < 1.29 is 31.9 Å². The lowest BCUT2D eigenvalue weighted by Gasteiger charge is -2.25. The molecule has 0 atom stereocenters. The Labute approximate surface area is 192 Å². The molecule has 1 aromatic carbocycles.